The van der Waals surface area contributed by atoms with Gasteiger partial charge in [0.1, 0.15) is 11.9 Å². The first-order valence-electron chi connectivity index (χ1n) is 7.26. The largest absolute Gasteiger partial charge is 0.370 e. The molecule has 1 saturated heterocycles. The second-order valence-electron chi connectivity index (χ2n) is 5.49. The maximum atomic E-state index is 9.02. The predicted molar refractivity (Wildman–Crippen MR) is 77.2 cm³/mol. The molecule has 4 nitrogen and oxygen atoms in total. The summed E-state index contributed by atoms with van der Waals surface area (Å²) in [7, 11) is 0. The lowest BCUT2D eigenvalue weighted by Gasteiger charge is -2.16. The molecule has 1 aliphatic heterocycles. The fourth-order valence-corrected chi connectivity index (χ4v) is 2.92. The maximum Gasteiger partial charge on any atom is 0.139 e. The summed E-state index contributed by atoms with van der Waals surface area (Å²) in [5, 5.41) is 9.02. The molecule has 0 aliphatic carbocycles. The van der Waals surface area contributed by atoms with E-state index in [-0.39, 0.29) is 6.10 Å². The minimum atomic E-state index is 0.0829. The standard InChI is InChI=1S/C16H19N3O/c1-3-7-19-14-5-4-12(10-17)9-13(14)18-16(19)15-11(2)6-8-20-15/h4-5,9,11,15H,3,6-8H2,1-2H3. The van der Waals surface area contributed by atoms with Crippen molar-refractivity contribution in [3.63, 3.8) is 0 Å². The fourth-order valence-electron chi connectivity index (χ4n) is 2.92. The Bertz CT molecular complexity index is 668. The maximum absolute atomic E-state index is 9.02. The normalized spacial score (nSPS) is 22.2. The van der Waals surface area contributed by atoms with Gasteiger partial charge in [-0.2, -0.15) is 5.26 Å². The van der Waals surface area contributed by atoms with Gasteiger partial charge in [-0.3, -0.25) is 0 Å². The Morgan fingerprint density at radius 1 is 1.50 bits per heavy atom. The molecule has 104 valence electrons. The zero-order chi connectivity index (χ0) is 14.1. The fraction of sp³-hybridized carbons (Fsp3) is 0.500. The van der Waals surface area contributed by atoms with Gasteiger partial charge in [-0.1, -0.05) is 13.8 Å². The van der Waals surface area contributed by atoms with Crippen LogP contribution in [-0.4, -0.2) is 16.2 Å². The molecule has 0 saturated carbocycles. The Balaban J connectivity index is 2.14. The molecular formula is C16H19N3O. The van der Waals surface area contributed by atoms with E-state index in [0.29, 0.717) is 11.5 Å². The zero-order valence-electron chi connectivity index (χ0n) is 12.0. The van der Waals surface area contributed by atoms with Gasteiger partial charge < -0.3 is 9.30 Å². The molecule has 2 unspecified atom stereocenters. The van der Waals surface area contributed by atoms with Gasteiger partial charge in [-0.25, -0.2) is 4.98 Å². The smallest absolute Gasteiger partial charge is 0.139 e. The second-order valence-corrected chi connectivity index (χ2v) is 5.49. The summed E-state index contributed by atoms with van der Waals surface area (Å²) < 4.78 is 8.13. The number of rotatable bonds is 3. The van der Waals surface area contributed by atoms with Gasteiger partial charge in [0.25, 0.3) is 0 Å². The minimum absolute atomic E-state index is 0.0829. The number of aromatic nitrogens is 2. The van der Waals surface area contributed by atoms with Crippen LogP contribution >= 0.6 is 0 Å². The highest BCUT2D eigenvalue weighted by Crippen LogP contribution is 2.35. The Morgan fingerprint density at radius 2 is 2.35 bits per heavy atom. The topological polar surface area (TPSA) is 50.8 Å². The number of hydrogen-bond acceptors (Lipinski definition) is 3. The van der Waals surface area contributed by atoms with Crippen LogP contribution in [0.2, 0.25) is 0 Å². The van der Waals surface area contributed by atoms with Gasteiger partial charge in [0.05, 0.1) is 22.7 Å². The summed E-state index contributed by atoms with van der Waals surface area (Å²) in [5.41, 5.74) is 2.66. The van der Waals surface area contributed by atoms with Crippen LogP contribution in [0.4, 0.5) is 0 Å². The summed E-state index contributed by atoms with van der Waals surface area (Å²) >= 11 is 0. The van der Waals surface area contributed by atoms with Crippen LogP contribution in [0, 0.1) is 17.2 Å². The summed E-state index contributed by atoms with van der Waals surface area (Å²) in [6.07, 6.45) is 2.22. The first-order chi connectivity index (χ1) is 9.74. The van der Waals surface area contributed by atoms with Crippen LogP contribution in [0.25, 0.3) is 11.0 Å². The lowest BCUT2D eigenvalue weighted by Crippen LogP contribution is -2.12. The highest BCUT2D eigenvalue weighted by Gasteiger charge is 2.30. The van der Waals surface area contributed by atoms with Crippen LogP contribution in [0.3, 0.4) is 0 Å². The molecule has 2 atom stereocenters. The first-order valence-corrected chi connectivity index (χ1v) is 7.26. The van der Waals surface area contributed by atoms with Gasteiger partial charge in [0, 0.05) is 13.2 Å². The van der Waals surface area contributed by atoms with Gasteiger partial charge in [0.2, 0.25) is 0 Å². The first kappa shape index (κ1) is 13.1. The Hall–Kier alpha value is -1.86. The van der Waals surface area contributed by atoms with E-state index in [1.54, 1.807) is 0 Å². The lowest BCUT2D eigenvalue weighted by atomic mass is 10.0. The Kier molecular flexibility index (Phi) is 3.45. The van der Waals surface area contributed by atoms with Crippen molar-refractivity contribution in [1.82, 2.24) is 9.55 Å². The number of nitriles is 1. The SMILES string of the molecule is CCCn1c(C2OCCC2C)nc2cc(C#N)ccc21. The molecule has 1 aliphatic rings. The van der Waals surface area contributed by atoms with Gasteiger partial charge in [-0.05, 0) is 37.0 Å². The monoisotopic (exact) mass is 269 g/mol. The van der Waals surface area contributed by atoms with E-state index < -0.39 is 0 Å². The molecule has 2 heterocycles. The van der Waals surface area contributed by atoms with Crippen molar-refractivity contribution in [2.75, 3.05) is 6.61 Å². The van der Waals surface area contributed by atoms with Crippen LogP contribution in [0.15, 0.2) is 18.2 Å². The molecule has 0 radical (unpaired) electrons. The molecule has 4 heteroatoms. The van der Waals surface area contributed by atoms with Crippen molar-refractivity contribution in [1.29, 1.82) is 5.26 Å². The zero-order valence-corrected chi connectivity index (χ0v) is 12.0. The molecule has 0 spiro atoms. The summed E-state index contributed by atoms with van der Waals surface area (Å²) in [5.74, 6) is 1.51. The number of benzene rings is 1. The molecule has 0 amide bonds. The highest BCUT2D eigenvalue weighted by atomic mass is 16.5. The number of aryl methyl sites for hydroxylation is 1. The van der Waals surface area contributed by atoms with E-state index in [2.05, 4.69) is 24.5 Å². The average molecular weight is 269 g/mol. The lowest BCUT2D eigenvalue weighted by molar-refractivity contribution is 0.0846. The Labute approximate surface area is 119 Å². The predicted octanol–water partition coefficient (Wildman–Crippen LogP) is 3.42. The second kappa shape index (κ2) is 5.26. The summed E-state index contributed by atoms with van der Waals surface area (Å²) in [4.78, 5) is 4.76. The molecule has 1 aromatic heterocycles. The number of fused-ring (bicyclic) bond motifs is 1. The van der Waals surface area contributed by atoms with E-state index in [1.807, 2.05) is 18.2 Å². The van der Waals surface area contributed by atoms with Crippen molar-refractivity contribution in [3.8, 4) is 6.07 Å². The van der Waals surface area contributed by atoms with Gasteiger partial charge >= 0.3 is 0 Å². The van der Waals surface area contributed by atoms with E-state index >= 15 is 0 Å². The molecule has 0 bridgehead atoms. The van der Waals surface area contributed by atoms with Crippen LogP contribution in [0.5, 0.6) is 0 Å². The summed E-state index contributed by atoms with van der Waals surface area (Å²) in [6, 6.07) is 7.90. The number of nitrogens with zero attached hydrogens (tertiary/aromatic N) is 3. The summed E-state index contributed by atoms with van der Waals surface area (Å²) in [6.45, 7) is 6.13. The van der Waals surface area contributed by atoms with Crippen LogP contribution < -0.4 is 0 Å². The average Bonchev–Trinajstić information content (AvgIpc) is 3.02. The molecule has 0 N–H and O–H groups in total. The highest BCUT2D eigenvalue weighted by molar-refractivity contribution is 5.77. The quantitative estimate of drug-likeness (QED) is 0.858. The van der Waals surface area contributed by atoms with E-state index in [9.17, 15) is 0 Å². The van der Waals surface area contributed by atoms with E-state index in [0.717, 1.165) is 42.9 Å². The third-order valence-corrected chi connectivity index (χ3v) is 4.00. The third-order valence-electron chi connectivity index (χ3n) is 4.00. The van der Waals surface area contributed by atoms with Crippen molar-refractivity contribution >= 4 is 11.0 Å². The van der Waals surface area contributed by atoms with Crippen molar-refractivity contribution in [2.24, 2.45) is 5.92 Å². The van der Waals surface area contributed by atoms with Crippen LogP contribution in [-0.2, 0) is 11.3 Å². The van der Waals surface area contributed by atoms with E-state index in [1.165, 1.54) is 0 Å². The molecule has 1 aromatic carbocycles. The van der Waals surface area contributed by atoms with Crippen LogP contribution in [0.1, 0.15) is 44.2 Å². The number of hydrogen-bond donors (Lipinski definition) is 0. The van der Waals surface area contributed by atoms with Crippen molar-refractivity contribution in [3.05, 3.63) is 29.6 Å². The number of imidazole rings is 1. The van der Waals surface area contributed by atoms with Crippen molar-refractivity contribution in [2.45, 2.75) is 39.3 Å². The minimum Gasteiger partial charge on any atom is -0.370 e. The number of ether oxygens (including phenoxy) is 1. The Morgan fingerprint density at radius 3 is 3.00 bits per heavy atom. The van der Waals surface area contributed by atoms with Gasteiger partial charge in [0.15, 0.2) is 0 Å². The molecule has 2 aromatic rings. The molecule has 20 heavy (non-hydrogen) atoms. The van der Waals surface area contributed by atoms with E-state index in [4.69, 9.17) is 15.0 Å². The molecule has 3 rings (SSSR count). The third kappa shape index (κ3) is 2.08. The van der Waals surface area contributed by atoms with Crippen molar-refractivity contribution < 1.29 is 4.74 Å². The molecule has 1 fully saturated rings. The van der Waals surface area contributed by atoms with Gasteiger partial charge in [-0.15, -0.1) is 0 Å². The molecular weight excluding hydrogens is 250 g/mol.